The van der Waals surface area contributed by atoms with Crippen molar-refractivity contribution >= 4 is 22.7 Å². The summed E-state index contributed by atoms with van der Waals surface area (Å²) in [4.78, 5) is 26.7. The quantitative estimate of drug-likeness (QED) is 0.194. The molecule has 0 saturated heterocycles. The average molecular weight is 537 g/mol. The molecule has 0 spiro atoms. The summed E-state index contributed by atoms with van der Waals surface area (Å²) in [7, 11) is 5.66. The van der Waals surface area contributed by atoms with Crippen LogP contribution in [0.4, 0.5) is 14.7 Å². The van der Waals surface area contributed by atoms with Gasteiger partial charge in [-0.25, -0.2) is 9.97 Å². The number of nitrogens with zero attached hydrogens (tertiary/aromatic N) is 7. The number of hydrogen-bond acceptors (Lipinski definition) is 8. The molecule has 2 atom stereocenters. The van der Waals surface area contributed by atoms with E-state index in [1.165, 1.54) is 24.4 Å². The maximum atomic E-state index is 13.5. The van der Waals surface area contributed by atoms with Gasteiger partial charge < -0.3 is 18.8 Å². The second-order valence-corrected chi connectivity index (χ2v) is 9.35. The van der Waals surface area contributed by atoms with Crippen molar-refractivity contribution in [1.82, 2.24) is 29.0 Å². The molecular formula is C26H26F2N8O3. The van der Waals surface area contributed by atoms with Crippen LogP contribution in [0.2, 0.25) is 0 Å². The van der Waals surface area contributed by atoms with Crippen molar-refractivity contribution in [2.24, 2.45) is 7.05 Å². The smallest absolute Gasteiger partial charge is 0.346 e. The number of nitro groups is 1. The average Bonchev–Trinajstić information content (AvgIpc) is 3.49. The summed E-state index contributed by atoms with van der Waals surface area (Å²) in [5, 5.41) is 15.1. The Kier molecular flexibility index (Phi) is 6.93. The Bertz CT molecular complexity index is 1580. The third kappa shape index (κ3) is 5.01. The number of aromatic nitrogens is 5. The van der Waals surface area contributed by atoms with Crippen LogP contribution in [-0.4, -0.2) is 66.4 Å². The molecular weight excluding hydrogens is 510 g/mol. The lowest BCUT2D eigenvalue weighted by atomic mass is 9.96. The van der Waals surface area contributed by atoms with Gasteiger partial charge in [0, 0.05) is 61.4 Å². The highest BCUT2D eigenvalue weighted by Gasteiger charge is 2.52. The zero-order valence-electron chi connectivity index (χ0n) is 21.4. The molecule has 0 saturated carbocycles. The predicted molar refractivity (Wildman–Crippen MR) is 141 cm³/mol. The van der Waals surface area contributed by atoms with Crippen LogP contribution in [0.3, 0.4) is 0 Å². The number of fused-ring (bicyclic) bond motifs is 1. The first-order valence-electron chi connectivity index (χ1n) is 12.0. The maximum absolute atomic E-state index is 13.5. The molecule has 4 aromatic rings. The summed E-state index contributed by atoms with van der Waals surface area (Å²) in [6, 6.07) is 9.06. The lowest BCUT2D eigenvalue weighted by Gasteiger charge is -2.32. The zero-order chi connectivity index (χ0) is 27.7. The van der Waals surface area contributed by atoms with E-state index < -0.39 is 23.3 Å². The number of ether oxygens (including phenoxy) is 1. The minimum atomic E-state index is -3.26. The van der Waals surface area contributed by atoms with Gasteiger partial charge in [0.25, 0.3) is 0 Å². The first kappa shape index (κ1) is 26.1. The van der Waals surface area contributed by atoms with Crippen molar-refractivity contribution in [3.8, 4) is 11.3 Å². The van der Waals surface area contributed by atoms with E-state index >= 15 is 0 Å². The highest BCUT2D eigenvalue weighted by molar-refractivity contribution is 5.91. The molecule has 39 heavy (non-hydrogen) atoms. The first-order valence-corrected chi connectivity index (χ1v) is 12.0. The highest BCUT2D eigenvalue weighted by Crippen LogP contribution is 2.33. The van der Waals surface area contributed by atoms with Gasteiger partial charge in [-0.05, 0) is 56.6 Å². The number of nitrogens with one attached hydrogen (secondary N) is 1. The van der Waals surface area contributed by atoms with Gasteiger partial charge in [0.1, 0.15) is 0 Å². The Morgan fingerprint density at radius 2 is 2.05 bits per heavy atom. The van der Waals surface area contributed by atoms with Crippen LogP contribution in [0.25, 0.3) is 28.0 Å². The molecule has 4 aromatic heterocycles. The van der Waals surface area contributed by atoms with Crippen LogP contribution in [0, 0.1) is 10.1 Å². The SMILES string of the molecule is CN(C)Cc1cccn1C1=CC(OC(F)F)[C@@](Nc2nccc(-c3cn(C)c4cccnc34)n2)([N+](=O)[O-])C=C1. The van der Waals surface area contributed by atoms with E-state index in [1.54, 1.807) is 23.0 Å². The highest BCUT2D eigenvalue weighted by atomic mass is 19.3. The number of rotatable bonds is 9. The van der Waals surface area contributed by atoms with Crippen LogP contribution in [0.1, 0.15) is 5.69 Å². The predicted octanol–water partition coefficient (Wildman–Crippen LogP) is 4.00. The van der Waals surface area contributed by atoms with Crippen molar-refractivity contribution in [2.75, 3.05) is 19.4 Å². The summed E-state index contributed by atoms with van der Waals surface area (Å²) >= 11 is 0. The minimum absolute atomic E-state index is 0.129. The molecule has 0 amide bonds. The number of anilines is 1. The van der Waals surface area contributed by atoms with Crippen molar-refractivity contribution in [3.63, 3.8) is 0 Å². The topological polar surface area (TPSA) is 116 Å². The van der Waals surface area contributed by atoms with Crippen LogP contribution < -0.4 is 5.32 Å². The molecule has 0 aromatic carbocycles. The van der Waals surface area contributed by atoms with Crippen molar-refractivity contribution in [3.05, 3.63) is 89.2 Å². The van der Waals surface area contributed by atoms with E-state index in [9.17, 15) is 18.9 Å². The van der Waals surface area contributed by atoms with E-state index in [4.69, 9.17) is 4.74 Å². The van der Waals surface area contributed by atoms with Crippen LogP contribution in [0.15, 0.2) is 73.3 Å². The van der Waals surface area contributed by atoms with E-state index in [-0.39, 0.29) is 5.95 Å². The van der Waals surface area contributed by atoms with Crippen molar-refractivity contribution in [2.45, 2.75) is 24.9 Å². The van der Waals surface area contributed by atoms with Gasteiger partial charge in [0.15, 0.2) is 6.10 Å². The van der Waals surface area contributed by atoms with Gasteiger partial charge in [-0.1, -0.05) is 0 Å². The minimum Gasteiger partial charge on any atom is -0.349 e. The summed E-state index contributed by atoms with van der Waals surface area (Å²) in [5.41, 5.74) is 1.74. The van der Waals surface area contributed by atoms with Crippen molar-refractivity contribution in [1.29, 1.82) is 0 Å². The number of aryl methyl sites for hydroxylation is 1. The second-order valence-electron chi connectivity index (χ2n) is 9.35. The zero-order valence-corrected chi connectivity index (χ0v) is 21.4. The van der Waals surface area contributed by atoms with Gasteiger partial charge >= 0.3 is 12.3 Å². The second kappa shape index (κ2) is 10.3. The summed E-state index contributed by atoms with van der Waals surface area (Å²) in [5.74, 6) is -0.129. The Hall–Kier alpha value is -4.49. The van der Waals surface area contributed by atoms with Gasteiger partial charge in [0.2, 0.25) is 5.95 Å². The van der Waals surface area contributed by atoms with Gasteiger partial charge in [0.05, 0.1) is 21.7 Å². The monoisotopic (exact) mass is 536 g/mol. The molecule has 202 valence electrons. The van der Waals surface area contributed by atoms with Crippen LogP contribution >= 0.6 is 0 Å². The van der Waals surface area contributed by atoms with E-state index in [2.05, 4.69) is 20.3 Å². The first-order chi connectivity index (χ1) is 18.7. The van der Waals surface area contributed by atoms with E-state index in [0.717, 1.165) is 11.2 Å². The fraction of sp³-hybridized carbons (Fsp3) is 0.269. The van der Waals surface area contributed by atoms with Gasteiger partial charge in [-0.15, -0.1) is 0 Å². The molecule has 1 aliphatic carbocycles. The largest absolute Gasteiger partial charge is 0.349 e. The molecule has 0 bridgehead atoms. The van der Waals surface area contributed by atoms with Crippen LogP contribution in [0.5, 0.6) is 0 Å². The molecule has 11 nitrogen and oxygen atoms in total. The number of halogens is 2. The van der Waals surface area contributed by atoms with Crippen LogP contribution in [-0.2, 0) is 18.3 Å². The maximum Gasteiger partial charge on any atom is 0.346 e. The van der Waals surface area contributed by atoms with Gasteiger partial charge in [-0.2, -0.15) is 8.78 Å². The third-order valence-corrected chi connectivity index (χ3v) is 6.39. The third-order valence-electron chi connectivity index (χ3n) is 6.39. The molecule has 1 unspecified atom stereocenters. The Morgan fingerprint density at radius 3 is 2.79 bits per heavy atom. The molecule has 1 aliphatic rings. The molecule has 5 rings (SSSR count). The number of hydrogen-bond donors (Lipinski definition) is 1. The number of alkyl halides is 2. The summed E-state index contributed by atoms with van der Waals surface area (Å²) in [6.45, 7) is -2.69. The Morgan fingerprint density at radius 1 is 1.23 bits per heavy atom. The van der Waals surface area contributed by atoms with Gasteiger partial charge in [-0.3, -0.25) is 20.4 Å². The fourth-order valence-electron chi connectivity index (χ4n) is 4.65. The summed E-state index contributed by atoms with van der Waals surface area (Å²) < 4.78 is 35.6. The normalized spacial score (nSPS) is 19.2. The van der Waals surface area contributed by atoms with E-state index in [0.29, 0.717) is 29.0 Å². The lowest BCUT2D eigenvalue weighted by Crippen LogP contribution is -2.56. The summed E-state index contributed by atoms with van der Waals surface area (Å²) in [6.07, 6.45) is 9.01. The molecule has 0 fully saturated rings. The Labute approximate surface area is 222 Å². The molecule has 0 radical (unpaired) electrons. The molecule has 4 heterocycles. The molecule has 0 aliphatic heterocycles. The van der Waals surface area contributed by atoms with E-state index in [1.807, 2.05) is 61.1 Å². The standard InChI is InChI=1S/C26H26F2N8O3/c1-33(2)15-18-6-5-13-35(18)17-8-10-26(36(37)38,22(14-17)39-24(27)28)32-25-30-12-9-20(31-25)19-16-34(3)21-7-4-11-29-23(19)21/h4-14,16,22,24H,15H2,1-3H3,(H,30,31,32)/t22?,26-/m0/s1. The van der Waals surface area contributed by atoms with Crippen molar-refractivity contribution < 1.29 is 18.4 Å². The molecule has 13 heteroatoms. The lowest BCUT2D eigenvalue weighted by molar-refractivity contribution is -0.560. The number of pyridine rings is 1. The Balaban J connectivity index is 1.53. The fourth-order valence-corrected chi connectivity index (χ4v) is 4.65. The number of allylic oxidation sites excluding steroid dienone is 2. The molecule has 1 N–H and O–H groups in total.